The van der Waals surface area contributed by atoms with Crippen LogP contribution in [0.5, 0.6) is 0 Å². The van der Waals surface area contributed by atoms with Crippen LogP contribution in [0.25, 0.3) is 33.7 Å². The second-order valence-corrected chi connectivity index (χ2v) is 8.67. The van der Waals surface area contributed by atoms with Crippen LogP contribution in [0.2, 0.25) is 0 Å². The second kappa shape index (κ2) is 8.32. The van der Waals surface area contributed by atoms with E-state index in [1.54, 1.807) is 10.7 Å². The molecule has 0 aliphatic rings. The Labute approximate surface area is 205 Å². The van der Waals surface area contributed by atoms with Crippen molar-refractivity contribution >= 4 is 40.6 Å². The number of benzene rings is 2. The zero-order valence-electron chi connectivity index (χ0n) is 17.8. The number of halogens is 4. The molecule has 0 spiro atoms. The average molecular weight is 454 g/mol. The van der Waals surface area contributed by atoms with Crippen LogP contribution < -0.4 is 0 Å². The molecule has 0 atom stereocenters. The summed E-state index contributed by atoms with van der Waals surface area (Å²) in [6.45, 7) is 8.19. The molecule has 0 aliphatic carbocycles. The Morgan fingerprint density at radius 1 is 1.03 bits per heavy atom. The first-order valence-corrected chi connectivity index (χ1v) is 9.78. The van der Waals surface area contributed by atoms with Gasteiger partial charge in [-0.2, -0.15) is 18.3 Å². The molecule has 0 saturated heterocycles. The number of fused-ring (bicyclic) bond motifs is 1. The minimum absolute atomic E-state index is 0. The summed E-state index contributed by atoms with van der Waals surface area (Å²) < 4.78 is 56.5. The molecule has 9 heteroatoms. The van der Waals surface area contributed by atoms with E-state index in [-0.39, 0.29) is 40.5 Å². The van der Waals surface area contributed by atoms with Crippen molar-refractivity contribution in [2.75, 3.05) is 0 Å². The van der Waals surface area contributed by atoms with Gasteiger partial charge in [-0.25, -0.2) is 9.37 Å². The molecule has 2 aromatic carbocycles. The Kier molecular flexibility index (Phi) is 6.36. The molecule has 0 bridgehead atoms. The van der Waals surface area contributed by atoms with Crippen LogP contribution in [0.1, 0.15) is 37.6 Å². The molecule has 4 nitrogen and oxygen atoms in total. The van der Waals surface area contributed by atoms with Gasteiger partial charge in [-0.15, -0.1) is 0 Å². The van der Waals surface area contributed by atoms with Crippen molar-refractivity contribution in [3.63, 3.8) is 0 Å². The maximum absolute atomic E-state index is 14.4. The topological polar surface area (TPSA) is 46.5 Å². The van der Waals surface area contributed by atoms with Gasteiger partial charge in [0.05, 0.1) is 22.3 Å². The molecule has 4 rings (SSSR count). The third-order valence-corrected chi connectivity index (χ3v) is 5.31. The number of alkyl halides is 3. The standard InChI is InChI=1S/C23H22F4N4.Na.H/c1-12-19(31(5)30-20(12)22(2,3)4)21-28-16-10-9-13(11-17(16)29-21)18-14(23(25,26)27)7-6-8-15(18)24;;/h6-11H,1-5H3,(H,28,29);;. The number of hydrogen-bond acceptors (Lipinski definition) is 2. The number of nitrogens with zero attached hydrogens (tertiary/aromatic N) is 3. The summed E-state index contributed by atoms with van der Waals surface area (Å²) >= 11 is 0. The van der Waals surface area contributed by atoms with Crippen molar-refractivity contribution in [1.29, 1.82) is 0 Å². The Hall–Kier alpha value is -2.16. The molecular formula is C23H23F4N4Na. The predicted octanol–water partition coefficient (Wildman–Crippen LogP) is 5.75. The summed E-state index contributed by atoms with van der Waals surface area (Å²) in [5, 5.41) is 4.63. The van der Waals surface area contributed by atoms with Crippen LogP contribution in [-0.2, 0) is 18.6 Å². The maximum atomic E-state index is 14.4. The normalized spacial score (nSPS) is 12.3. The fourth-order valence-corrected chi connectivity index (χ4v) is 4.00. The summed E-state index contributed by atoms with van der Waals surface area (Å²) in [6, 6.07) is 7.52. The van der Waals surface area contributed by atoms with Gasteiger partial charge >= 0.3 is 35.7 Å². The van der Waals surface area contributed by atoms with Crippen molar-refractivity contribution in [1.82, 2.24) is 19.7 Å². The summed E-state index contributed by atoms with van der Waals surface area (Å²) in [6.07, 6.45) is -4.67. The number of aryl methyl sites for hydroxylation is 1. The van der Waals surface area contributed by atoms with Gasteiger partial charge in [0.15, 0.2) is 5.82 Å². The van der Waals surface area contributed by atoms with Gasteiger partial charge in [0.2, 0.25) is 0 Å². The summed E-state index contributed by atoms with van der Waals surface area (Å²) in [7, 11) is 1.82. The van der Waals surface area contributed by atoms with Crippen molar-refractivity contribution in [2.24, 2.45) is 7.05 Å². The molecule has 0 radical (unpaired) electrons. The van der Waals surface area contributed by atoms with Crippen LogP contribution in [0, 0.1) is 12.7 Å². The van der Waals surface area contributed by atoms with Gasteiger partial charge in [0.25, 0.3) is 0 Å². The van der Waals surface area contributed by atoms with Crippen molar-refractivity contribution < 1.29 is 17.6 Å². The summed E-state index contributed by atoms with van der Waals surface area (Å²) in [5.74, 6) is -0.373. The van der Waals surface area contributed by atoms with Gasteiger partial charge in [0, 0.05) is 23.6 Å². The van der Waals surface area contributed by atoms with Gasteiger partial charge < -0.3 is 4.98 Å². The van der Waals surface area contributed by atoms with Gasteiger partial charge in [-0.3, -0.25) is 4.68 Å². The van der Waals surface area contributed by atoms with E-state index in [0.717, 1.165) is 35.2 Å². The quantitative estimate of drug-likeness (QED) is 0.310. The monoisotopic (exact) mass is 454 g/mol. The molecule has 4 aromatic rings. The van der Waals surface area contributed by atoms with Crippen LogP contribution in [0.15, 0.2) is 36.4 Å². The number of rotatable bonds is 2. The molecule has 0 aliphatic heterocycles. The number of H-pyrrole nitrogens is 1. The Balaban J connectivity index is 0.00000289. The molecule has 164 valence electrons. The Morgan fingerprint density at radius 3 is 2.31 bits per heavy atom. The SMILES string of the molecule is Cc1c(C(C)(C)C)nn(C)c1-c1nc2cc(-c3c(F)cccc3C(F)(F)F)ccc2[nH]1.[NaH]. The summed E-state index contributed by atoms with van der Waals surface area (Å²) in [4.78, 5) is 7.80. The number of nitrogens with one attached hydrogen (secondary N) is 1. The molecule has 0 saturated carbocycles. The zero-order valence-corrected chi connectivity index (χ0v) is 17.8. The van der Waals surface area contributed by atoms with Crippen LogP contribution in [0.3, 0.4) is 0 Å². The van der Waals surface area contributed by atoms with E-state index in [4.69, 9.17) is 0 Å². The number of imidazole rings is 1. The first-order valence-electron chi connectivity index (χ1n) is 9.78. The van der Waals surface area contributed by atoms with Crippen molar-refractivity contribution in [2.45, 2.75) is 39.3 Å². The van der Waals surface area contributed by atoms with Crippen molar-refractivity contribution in [3.8, 4) is 22.6 Å². The van der Waals surface area contributed by atoms with E-state index < -0.39 is 23.1 Å². The predicted molar refractivity (Wildman–Crippen MR) is 119 cm³/mol. The third-order valence-electron chi connectivity index (χ3n) is 5.31. The Morgan fingerprint density at radius 2 is 1.72 bits per heavy atom. The van der Waals surface area contributed by atoms with Crippen LogP contribution in [-0.4, -0.2) is 49.3 Å². The molecular weight excluding hydrogens is 431 g/mol. The van der Waals surface area contributed by atoms with Gasteiger partial charge in [-0.05, 0) is 36.8 Å². The number of aromatic nitrogens is 4. The van der Waals surface area contributed by atoms with E-state index in [1.165, 1.54) is 12.1 Å². The second-order valence-electron chi connectivity index (χ2n) is 8.67. The first kappa shape index (κ1) is 24.5. The molecule has 0 amide bonds. The fraction of sp³-hybridized carbons (Fsp3) is 0.304. The zero-order chi connectivity index (χ0) is 22.7. The van der Waals surface area contributed by atoms with E-state index in [0.29, 0.717) is 16.9 Å². The third kappa shape index (κ3) is 4.23. The molecule has 2 heterocycles. The summed E-state index contributed by atoms with van der Waals surface area (Å²) in [5.41, 5.74) is 2.27. The number of aromatic amines is 1. The van der Waals surface area contributed by atoms with Gasteiger partial charge in [0.1, 0.15) is 11.5 Å². The molecule has 1 N–H and O–H groups in total. The van der Waals surface area contributed by atoms with Crippen molar-refractivity contribution in [3.05, 3.63) is 59.0 Å². The molecule has 2 aromatic heterocycles. The molecule has 0 unspecified atom stereocenters. The first-order chi connectivity index (χ1) is 14.4. The minimum atomic E-state index is -4.67. The Bertz CT molecular complexity index is 1300. The molecule has 0 fully saturated rings. The van der Waals surface area contributed by atoms with Gasteiger partial charge in [-0.1, -0.05) is 32.9 Å². The van der Waals surface area contributed by atoms with E-state index in [2.05, 4.69) is 35.8 Å². The van der Waals surface area contributed by atoms with Crippen LogP contribution in [0.4, 0.5) is 17.6 Å². The van der Waals surface area contributed by atoms with E-state index in [9.17, 15) is 17.6 Å². The fourth-order valence-electron chi connectivity index (χ4n) is 4.00. The van der Waals surface area contributed by atoms with E-state index in [1.807, 2.05) is 14.0 Å². The average Bonchev–Trinajstić information content (AvgIpc) is 3.19. The number of hydrogen-bond donors (Lipinski definition) is 1. The molecule has 32 heavy (non-hydrogen) atoms. The van der Waals surface area contributed by atoms with Crippen LogP contribution >= 0.6 is 0 Å². The van der Waals surface area contributed by atoms with E-state index >= 15 is 0 Å².